The minimum atomic E-state index is -0.248. The first kappa shape index (κ1) is 15.6. The lowest BCUT2D eigenvalue weighted by atomic mass is 10.2. The molecule has 1 amide bonds. The van der Waals surface area contributed by atoms with Crippen LogP contribution in [-0.2, 0) is 4.74 Å². The van der Waals surface area contributed by atoms with Crippen LogP contribution in [0.15, 0.2) is 34.1 Å². The third-order valence-electron chi connectivity index (χ3n) is 3.61. The van der Waals surface area contributed by atoms with Gasteiger partial charge in [-0.1, -0.05) is 6.07 Å². The van der Waals surface area contributed by atoms with Crippen LogP contribution < -0.4 is 5.32 Å². The van der Waals surface area contributed by atoms with Crippen LogP contribution in [0.25, 0.3) is 0 Å². The van der Waals surface area contributed by atoms with E-state index in [1.807, 2.05) is 6.07 Å². The van der Waals surface area contributed by atoms with Gasteiger partial charge >= 0.3 is 0 Å². The minimum absolute atomic E-state index is 0.151. The van der Waals surface area contributed by atoms with Crippen molar-refractivity contribution in [2.24, 2.45) is 0 Å². The van der Waals surface area contributed by atoms with E-state index in [0.29, 0.717) is 6.54 Å². The zero-order chi connectivity index (χ0) is 15.4. The molecule has 2 aromatic heterocycles. The number of hydrogen-bond acceptors (Lipinski definition) is 5. The number of carbonyl (C=O) groups excluding carboxylic acids is 1. The van der Waals surface area contributed by atoms with Gasteiger partial charge in [0.15, 0.2) is 11.0 Å². The number of carbonyl (C=O) groups is 1. The first-order valence-electron chi connectivity index (χ1n) is 7.13. The molecule has 7 heteroatoms. The number of morpholine rings is 1. The van der Waals surface area contributed by atoms with Crippen LogP contribution in [-0.4, -0.2) is 43.7 Å². The molecule has 0 saturated carbocycles. The molecule has 0 aromatic carbocycles. The molecule has 5 nitrogen and oxygen atoms in total. The number of hydrogen-bond donors (Lipinski definition) is 1. The fourth-order valence-electron chi connectivity index (χ4n) is 2.49. The summed E-state index contributed by atoms with van der Waals surface area (Å²) in [5.41, 5.74) is 0. The van der Waals surface area contributed by atoms with E-state index in [9.17, 15) is 4.79 Å². The average molecular weight is 341 g/mol. The molecule has 1 aliphatic heterocycles. The fraction of sp³-hybridized carbons (Fsp3) is 0.400. The summed E-state index contributed by atoms with van der Waals surface area (Å²) in [5, 5.41) is 5.20. The van der Waals surface area contributed by atoms with Gasteiger partial charge in [0.1, 0.15) is 0 Å². The van der Waals surface area contributed by atoms with Crippen molar-refractivity contribution in [2.75, 3.05) is 32.8 Å². The second-order valence-electron chi connectivity index (χ2n) is 4.99. The molecule has 0 spiro atoms. The molecule has 1 aliphatic rings. The van der Waals surface area contributed by atoms with Crippen molar-refractivity contribution in [3.8, 4) is 0 Å². The van der Waals surface area contributed by atoms with Crippen molar-refractivity contribution in [3.05, 3.63) is 45.5 Å². The lowest BCUT2D eigenvalue weighted by molar-refractivity contribution is 0.0168. The molecule has 3 rings (SSSR count). The van der Waals surface area contributed by atoms with Crippen LogP contribution in [0.5, 0.6) is 0 Å². The van der Waals surface area contributed by atoms with Gasteiger partial charge in [0, 0.05) is 24.5 Å². The van der Waals surface area contributed by atoms with Gasteiger partial charge in [0.05, 0.1) is 19.3 Å². The Morgan fingerprint density at radius 1 is 1.36 bits per heavy atom. The van der Waals surface area contributed by atoms with E-state index in [2.05, 4.69) is 21.7 Å². The average Bonchev–Trinajstić information content (AvgIpc) is 3.20. The predicted octanol–water partition coefficient (Wildman–Crippen LogP) is 2.80. The Labute approximate surface area is 137 Å². The first-order valence-corrected chi connectivity index (χ1v) is 8.38. The van der Waals surface area contributed by atoms with Crippen molar-refractivity contribution in [3.63, 3.8) is 0 Å². The van der Waals surface area contributed by atoms with Gasteiger partial charge in [0.2, 0.25) is 0 Å². The largest absolute Gasteiger partial charge is 0.440 e. The second-order valence-corrected chi connectivity index (χ2v) is 6.35. The number of halogens is 1. The highest BCUT2D eigenvalue weighted by Crippen LogP contribution is 2.25. The Balaban J connectivity index is 1.66. The van der Waals surface area contributed by atoms with Gasteiger partial charge in [-0.25, -0.2) is 0 Å². The fourth-order valence-corrected chi connectivity index (χ4v) is 3.50. The van der Waals surface area contributed by atoms with Crippen molar-refractivity contribution in [2.45, 2.75) is 6.04 Å². The van der Waals surface area contributed by atoms with Crippen LogP contribution in [0.3, 0.4) is 0 Å². The molecule has 0 aliphatic carbocycles. The number of rotatable bonds is 5. The summed E-state index contributed by atoms with van der Waals surface area (Å²) >= 11 is 7.40. The van der Waals surface area contributed by atoms with Crippen molar-refractivity contribution in [1.82, 2.24) is 10.2 Å². The summed E-state index contributed by atoms with van der Waals surface area (Å²) in [5.74, 6) is -0.0152. The van der Waals surface area contributed by atoms with Crippen molar-refractivity contribution in [1.29, 1.82) is 0 Å². The number of amides is 1. The third kappa shape index (κ3) is 3.70. The van der Waals surface area contributed by atoms with Crippen molar-refractivity contribution >= 4 is 28.8 Å². The zero-order valence-corrected chi connectivity index (χ0v) is 13.5. The quantitative estimate of drug-likeness (QED) is 0.909. The summed E-state index contributed by atoms with van der Waals surface area (Å²) in [6.45, 7) is 3.71. The molecule has 0 radical (unpaired) electrons. The molecule has 22 heavy (non-hydrogen) atoms. The molecule has 3 heterocycles. The molecular formula is C15H17ClN2O3S. The number of nitrogens with one attached hydrogen (secondary N) is 1. The number of nitrogens with zero attached hydrogens (tertiary/aromatic N) is 1. The van der Waals surface area contributed by atoms with Gasteiger partial charge in [-0.3, -0.25) is 9.69 Å². The maximum atomic E-state index is 12.1. The molecular weight excluding hydrogens is 324 g/mol. The summed E-state index contributed by atoms with van der Waals surface area (Å²) < 4.78 is 10.5. The number of furan rings is 1. The Bertz CT molecular complexity index is 608. The molecule has 1 atom stereocenters. The monoisotopic (exact) mass is 340 g/mol. The highest BCUT2D eigenvalue weighted by atomic mass is 35.5. The summed E-state index contributed by atoms with van der Waals surface area (Å²) in [6.07, 6.45) is 0. The number of thiophene rings is 1. The smallest absolute Gasteiger partial charge is 0.287 e. The molecule has 118 valence electrons. The predicted molar refractivity (Wildman–Crippen MR) is 85.5 cm³/mol. The van der Waals surface area contributed by atoms with E-state index in [4.69, 9.17) is 20.8 Å². The standard InChI is InChI=1S/C15H17ClN2O3S/c16-14-4-3-12(21-14)15(19)17-10-11(13-2-1-9-22-13)18-5-7-20-8-6-18/h1-4,9,11H,5-8,10H2,(H,17,19). The van der Waals surface area contributed by atoms with Crippen LogP contribution in [0, 0.1) is 0 Å². The van der Waals surface area contributed by atoms with E-state index in [0.717, 1.165) is 26.3 Å². The van der Waals surface area contributed by atoms with Crippen molar-refractivity contribution < 1.29 is 13.9 Å². The van der Waals surface area contributed by atoms with Gasteiger partial charge in [-0.2, -0.15) is 0 Å². The van der Waals surface area contributed by atoms with Gasteiger partial charge in [-0.05, 0) is 35.2 Å². The maximum absolute atomic E-state index is 12.1. The normalized spacial score (nSPS) is 17.3. The Kier molecular flexibility index (Phi) is 5.15. The van der Waals surface area contributed by atoms with Crippen LogP contribution in [0.4, 0.5) is 0 Å². The molecule has 1 fully saturated rings. The minimum Gasteiger partial charge on any atom is -0.440 e. The van der Waals surface area contributed by atoms with Crippen LogP contribution in [0.2, 0.25) is 5.22 Å². The Morgan fingerprint density at radius 2 is 2.18 bits per heavy atom. The van der Waals surface area contributed by atoms with Gasteiger partial charge < -0.3 is 14.5 Å². The second kappa shape index (κ2) is 7.28. The zero-order valence-electron chi connectivity index (χ0n) is 12.0. The molecule has 1 N–H and O–H groups in total. The van der Waals surface area contributed by atoms with E-state index in [1.165, 1.54) is 4.88 Å². The van der Waals surface area contributed by atoms with Gasteiger partial charge in [0.25, 0.3) is 5.91 Å². The van der Waals surface area contributed by atoms with E-state index >= 15 is 0 Å². The molecule has 0 bridgehead atoms. The lowest BCUT2D eigenvalue weighted by Gasteiger charge is -2.34. The summed E-state index contributed by atoms with van der Waals surface area (Å²) in [7, 11) is 0. The van der Waals surface area contributed by atoms with E-state index < -0.39 is 0 Å². The summed E-state index contributed by atoms with van der Waals surface area (Å²) in [6, 6.07) is 7.42. The van der Waals surface area contributed by atoms with Gasteiger partial charge in [-0.15, -0.1) is 11.3 Å². The topological polar surface area (TPSA) is 54.7 Å². The number of ether oxygens (including phenoxy) is 1. The van der Waals surface area contributed by atoms with Crippen LogP contribution in [0.1, 0.15) is 21.5 Å². The Hall–Kier alpha value is -1.34. The highest BCUT2D eigenvalue weighted by Gasteiger charge is 2.24. The summed E-state index contributed by atoms with van der Waals surface area (Å²) in [4.78, 5) is 15.7. The maximum Gasteiger partial charge on any atom is 0.287 e. The first-order chi connectivity index (χ1) is 10.7. The lowest BCUT2D eigenvalue weighted by Crippen LogP contribution is -2.43. The van der Waals surface area contributed by atoms with E-state index in [-0.39, 0.29) is 22.9 Å². The molecule has 2 aromatic rings. The van der Waals surface area contributed by atoms with Crippen LogP contribution >= 0.6 is 22.9 Å². The third-order valence-corrected chi connectivity index (χ3v) is 4.79. The SMILES string of the molecule is O=C(NCC(c1cccs1)N1CCOCC1)c1ccc(Cl)o1. The Morgan fingerprint density at radius 3 is 2.82 bits per heavy atom. The van der Waals surface area contributed by atoms with E-state index in [1.54, 1.807) is 23.5 Å². The molecule has 1 saturated heterocycles. The molecule has 1 unspecified atom stereocenters. The highest BCUT2D eigenvalue weighted by molar-refractivity contribution is 7.10.